The summed E-state index contributed by atoms with van der Waals surface area (Å²) in [5.74, 6) is 0.262. The first-order valence-corrected chi connectivity index (χ1v) is 9.14. The Hall–Kier alpha value is -2.99. The lowest BCUT2D eigenvalue weighted by Gasteiger charge is -2.14. The van der Waals surface area contributed by atoms with Gasteiger partial charge in [0.25, 0.3) is 0 Å². The standard InChI is InChI=1S/C21H18ClFN4O/c1-4-9-27-21-19(12(2)26-27)25-20(13-7-5-6-8-15(13)22)14-10-18(28-3)16(23)11-17(14)24-21/h4-8,10-11,19H,1,9H2,2-3H3. The SMILES string of the molecule is C=CCN1N=C(C)C2N=C(c3ccccc3Cl)c3cc(OC)c(F)cc3N=C21. The maximum Gasteiger partial charge on any atom is 0.167 e. The van der Waals surface area contributed by atoms with Crippen LogP contribution in [0.1, 0.15) is 18.1 Å². The van der Waals surface area contributed by atoms with Crippen molar-refractivity contribution in [3.8, 4) is 5.75 Å². The van der Waals surface area contributed by atoms with E-state index in [9.17, 15) is 4.39 Å². The van der Waals surface area contributed by atoms with Crippen molar-refractivity contribution in [1.29, 1.82) is 0 Å². The zero-order chi connectivity index (χ0) is 19.8. The second kappa shape index (κ2) is 7.20. The Morgan fingerprint density at radius 2 is 2.07 bits per heavy atom. The van der Waals surface area contributed by atoms with Crippen LogP contribution in [0.4, 0.5) is 10.1 Å². The largest absolute Gasteiger partial charge is 0.494 e. The fourth-order valence-electron chi connectivity index (χ4n) is 3.32. The van der Waals surface area contributed by atoms with Crippen molar-refractivity contribution in [1.82, 2.24) is 5.01 Å². The number of halogens is 2. The zero-order valence-electron chi connectivity index (χ0n) is 15.5. The highest BCUT2D eigenvalue weighted by Crippen LogP contribution is 2.35. The average Bonchev–Trinajstić information content (AvgIpc) is 2.86. The van der Waals surface area contributed by atoms with Crippen molar-refractivity contribution < 1.29 is 9.13 Å². The van der Waals surface area contributed by atoms with Crippen LogP contribution in [0, 0.1) is 5.82 Å². The summed E-state index contributed by atoms with van der Waals surface area (Å²) in [6, 6.07) is 10.0. The number of rotatable bonds is 4. The molecule has 0 saturated carbocycles. The monoisotopic (exact) mass is 396 g/mol. The number of benzene rings is 2. The van der Waals surface area contributed by atoms with Gasteiger partial charge in [0.05, 0.1) is 30.8 Å². The van der Waals surface area contributed by atoms with Crippen LogP contribution in [0.25, 0.3) is 0 Å². The highest BCUT2D eigenvalue weighted by atomic mass is 35.5. The summed E-state index contributed by atoms with van der Waals surface area (Å²) in [5, 5.41) is 6.82. The molecule has 2 aliphatic heterocycles. The summed E-state index contributed by atoms with van der Waals surface area (Å²) < 4.78 is 19.6. The van der Waals surface area contributed by atoms with Crippen LogP contribution in [0.3, 0.4) is 0 Å². The molecule has 2 aromatic carbocycles. The maximum absolute atomic E-state index is 14.5. The lowest BCUT2D eigenvalue weighted by atomic mass is 9.99. The third-order valence-corrected chi connectivity index (χ3v) is 4.96. The van der Waals surface area contributed by atoms with Gasteiger partial charge in [0, 0.05) is 22.2 Å². The van der Waals surface area contributed by atoms with E-state index >= 15 is 0 Å². The third kappa shape index (κ3) is 2.99. The van der Waals surface area contributed by atoms with E-state index in [4.69, 9.17) is 26.3 Å². The molecule has 2 aromatic rings. The van der Waals surface area contributed by atoms with E-state index in [1.54, 1.807) is 23.2 Å². The Balaban J connectivity index is 1.99. The Morgan fingerprint density at radius 3 is 2.79 bits per heavy atom. The molecule has 2 heterocycles. The van der Waals surface area contributed by atoms with Gasteiger partial charge in [-0.15, -0.1) is 6.58 Å². The van der Waals surface area contributed by atoms with E-state index < -0.39 is 5.82 Å². The van der Waals surface area contributed by atoms with E-state index in [-0.39, 0.29) is 11.8 Å². The molecule has 0 saturated heterocycles. The van der Waals surface area contributed by atoms with Gasteiger partial charge < -0.3 is 4.74 Å². The first kappa shape index (κ1) is 18.4. The molecular formula is C21H18ClFN4O. The van der Waals surface area contributed by atoms with Gasteiger partial charge in [-0.25, -0.2) is 14.4 Å². The molecule has 28 heavy (non-hydrogen) atoms. The van der Waals surface area contributed by atoms with Crippen molar-refractivity contribution in [2.24, 2.45) is 15.1 Å². The summed E-state index contributed by atoms with van der Waals surface area (Å²) in [7, 11) is 1.43. The Morgan fingerprint density at radius 1 is 1.29 bits per heavy atom. The van der Waals surface area contributed by atoms with Crippen LogP contribution in [-0.4, -0.2) is 42.0 Å². The van der Waals surface area contributed by atoms with Crippen molar-refractivity contribution in [3.63, 3.8) is 0 Å². The third-order valence-electron chi connectivity index (χ3n) is 4.63. The Bertz CT molecular complexity index is 1060. The molecule has 0 N–H and O–H groups in total. The smallest absolute Gasteiger partial charge is 0.167 e. The van der Waals surface area contributed by atoms with E-state index in [2.05, 4.69) is 11.7 Å². The van der Waals surface area contributed by atoms with Crippen molar-refractivity contribution in [2.45, 2.75) is 13.0 Å². The topological polar surface area (TPSA) is 49.5 Å². The van der Waals surface area contributed by atoms with Crippen molar-refractivity contribution >= 4 is 34.5 Å². The molecule has 142 valence electrons. The van der Waals surface area contributed by atoms with Gasteiger partial charge >= 0.3 is 0 Å². The Kier molecular flexibility index (Phi) is 4.73. The van der Waals surface area contributed by atoms with Gasteiger partial charge in [-0.1, -0.05) is 35.9 Å². The minimum absolute atomic E-state index is 0.124. The molecule has 0 aromatic heterocycles. The lowest BCUT2D eigenvalue weighted by Crippen LogP contribution is -2.30. The van der Waals surface area contributed by atoms with Gasteiger partial charge in [-0.05, 0) is 19.1 Å². The minimum Gasteiger partial charge on any atom is -0.494 e. The summed E-state index contributed by atoms with van der Waals surface area (Å²) >= 11 is 6.46. The number of fused-ring (bicyclic) bond motifs is 2. The molecular weight excluding hydrogens is 379 g/mol. The van der Waals surface area contributed by atoms with E-state index in [0.717, 1.165) is 11.3 Å². The maximum atomic E-state index is 14.5. The number of nitrogens with zero attached hydrogens (tertiary/aromatic N) is 4. The minimum atomic E-state index is -0.492. The van der Waals surface area contributed by atoms with Crippen molar-refractivity contribution in [3.05, 3.63) is 71.0 Å². The van der Waals surface area contributed by atoms with E-state index in [0.29, 0.717) is 34.4 Å². The molecule has 0 aliphatic carbocycles. The van der Waals surface area contributed by atoms with Crippen LogP contribution >= 0.6 is 11.6 Å². The first-order valence-electron chi connectivity index (χ1n) is 8.76. The molecule has 2 aliphatic rings. The number of hydrazone groups is 1. The summed E-state index contributed by atoms with van der Waals surface area (Å²) in [6.45, 7) is 6.15. The van der Waals surface area contributed by atoms with Gasteiger partial charge in [0.2, 0.25) is 0 Å². The lowest BCUT2D eigenvalue weighted by molar-refractivity contribution is 0.386. The van der Waals surface area contributed by atoms with Gasteiger partial charge in [-0.2, -0.15) is 5.10 Å². The van der Waals surface area contributed by atoms with Crippen molar-refractivity contribution in [2.75, 3.05) is 13.7 Å². The quantitative estimate of drug-likeness (QED) is 0.708. The first-order chi connectivity index (χ1) is 13.5. The zero-order valence-corrected chi connectivity index (χ0v) is 16.2. The van der Waals surface area contributed by atoms with Crippen LogP contribution in [-0.2, 0) is 0 Å². The van der Waals surface area contributed by atoms with Gasteiger partial charge in [0.15, 0.2) is 17.4 Å². The molecule has 5 nitrogen and oxygen atoms in total. The van der Waals surface area contributed by atoms with E-state index in [1.807, 2.05) is 25.1 Å². The van der Waals surface area contributed by atoms with Crippen LogP contribution in [0.5, 0.6) is 5.75 Å². The number of aliphatic imine (C=N–C) groups is 2. The number of hydrogen-bond donors (Lipinski definition) is 0. The number of amidine groups is 1. The number of methoxy groups -OCH3 is 1. The highest BCUT2D eigenvalue weighted by Gasteiger charge is 2.34. The van der Waals surface area contributed by atoms with Gasteiger partial charge in [-0.3, -0.25) is 4.99 Å². The fraction of sp³-hybridized carbons (Fsp3) is 0.190. The number of ether oxygens (including phenoxy) is 1. The molecule has 0 amide bonds. The van der Waals surface area contributed by atoms with E-state index in [1.165, 1.54) is 13.2 Å². The average molecular weight is 397 g/mol. The fourth-order valence-corrected chi connectivity index (χ4v) is 3.55. The summed E-state index contributed by atoms with van der Waals surface area (Å²) in [5.41, 5.74) is 3.27. The molecule has 0 fully saturated rings. The van der Waals surface area contributed by atoms with Crippen LogP contribution < -0.4 is 4.74 Å². The predicted octanol–water partition coefficient (Wildman–Crippen LogP) is 4.61. The second-order valence-corrected chi connectivity index (χ2v) is 6.85. The molecule has 1 unspecified atom stereocenters. The predicted molar refractivity (Wildman–Crippen MR) is 111 cm³/mol. The number of hydrogen-bond acceptors (Lipinski definition) is 5. The summed E-state index contributed by atoms with van der Waals surface area (Å²) in [4.78, 5) is 9.67. The Labute approximate surface area is 167 Å². The normalized spacial score (nSPS) is 17.8. The van der Waals surface area contributed by atoms with Gasteiger partial charge in [0.1, 0.15) is 6.04 Å². The molecule has 4 rings (SSSR count). The highest BCUT2D eigenvalue weighted by molar-refractivity contribution is 6.36. The molecule has 0 radical (unpaired) electrons. The molecule has 0 spiro atoms. The molecule has 7 heteroatoms. The molecule has 1 atom stereocenters. The van der Waals surface area contributed by atoms with Crippen LogP contribution in [0.2, 0.25) is 5.02 Å². The van der Waals surface area contributed by atoms with Crippen LogP contribution in [0.15, 0.2) is 64.1 Å². The molecule has 0 bridgehead atoms. The second-order valence-electron chi connectivity index (χ2n) is 6.45. The summed E-state index contributed by atoms with van der Waals surface area (Å²) in [6.07, 6.45) is 1.74.